The van der Waals surface area contributed by atoms with Crippen molar-refractivity contribution in [1.29, 1.82) is 0 Å². The van der Waals surface area contributed by atoms with Crippen LogP contribution in [0.4, 0.5) is 0 Å². The number of methoxy groups -OCH3 is 1. The second-order valence-electron chi connectivity index (χ2n) is 6.44. The third kappa shape index (κ3) is 7.10. The van der Waals surface area contributed by atoms with Crippen LogP contribution in [0.1, 0.15) is 37.0 Å². The third-order valence-corrected chi connectivity index (χ3v) is 4.60. The smallest absolute Gasteiger partial charge is 0.192 e. The maximum atomic E-state index is 5.13. The predicted octanol–water partition coefficient (Wildman–Crippen LogP) is 2.62. The molecule has 1 aromatic heterocycles. The Hall–Kier alpha value is -1.68. The average molecular weight is 486 g/mol. The maximum absolute atomic E-state index is 5.13. The molecular formula is C19H31IN6O. The summed E-state index contributed by atoms with van der Waals surface area (Å²) in [4.78, 5) is 4.67. The molecule has 2 aromatic rings. The van der Waals surface area contributed by atoms with Gasteiger partial charge in [0.1, 0.15) is 12.4 Å². The van der Waals surface area contributed by atoms with Crippen LogP contribution in [0.2, 0.25) is 0 Å². The second-order valence-corrected chi connectivity index (χ2v) is 6.44. The van der Waals surface area contributed by atoms with Crippen molar-refractivity contribution in [1.82, 2.24) is 25.4 Å². The number of hydrogen-bond donors (Lipinski definition) is 2. The first kappa shape index (κ1) is 23.4. The van der Waals surface area contributed by atoms with Crippen LogP contribution in [0.15, 0.2) is 35.3 Å². The number of guanidine groups is 1. The summed E-state index contributed by atoms with van der Waals surface area (Å²) >= 11 is 0. The zero-order valence-corrected chi connectivity index (χ0v) is 19.1. The molecular weight excluding hydrogens is 455 g/mol. The summed E-state index contributed by atoms with van der Waals surface area (Å²) < 4.78 is 7.08. The minimum Gasteiger partial charge on any atom is -0.383 e. The lowest BCUT2D eigenvalue weighted by Crippen LogP contribution is -2.45. The van der Waals surface area contributed by atoms with Crippen molar-refractivity contribution in [2.24, 2.45) is 12.0 Å². The van der Waals surface area contributed by atoms with Crippen LogP contribution >= 0.6 is 24.0 Å². The largest absolute Gasteiger partial charge is 0.383 e. The fourth-order valence-corrected chi connectivity index (χ4v) is 2.55. The predicted molar refractivity (Wildman–Crippen MR) is 120 cm³/mol. The fraction of sp³-hybridized carbons (Fsp3) is 0.526. The fourth-order valence-electron chi connectivity index (χ4n) is 2.55. The van der Waals surface area contributed by atoms with Crippen molar-refractivity contribution in [3.8, 4) is 0 Å². The van der Waals surface area contributed by atoms with Crippen LogP contribution in [0.5, 0.6) is 0 Å². The van der Waals surface area contributed by atoms with Gasteiger partial charge in [-0.3, -0.25) is 0 Å². The molecule has 27 heavy (non-hydrogen) atoms. The summed E-state index contributed by atoms with van der Waals surface area (Å²) in [6.45, 7) is 8.08. The lowest BCUT2D eigenvalue weighted by molar-refractivity contribution is 0.203. The van der Waals surface area contributed by atoms with Crippen LogP contribution < -0.4 is 10.6 Å². The zero-order chi connectivity index (χ0) is 18.9. The van der Waals surface area contributed by atoms with E-state index in [1.54, 1.807) is 7.11 Å². The number of aromatic nitrogens is 3. The summed E-state index contributed by atoms with van der Waals surface area (Å²) in [5, 5.41) is 15.1. The van der Waals surface area contributed by atoms with Crippen molar-refractivity contribution in [2.45, 2.75) is 39.3 Å². The van der Waals surface area contributed by atoms with E-state index in [4.69, 9.17) is 4.74 Å². The van der Waals surface area contributed by atoms with Crippen LogP contribution in [-0.2, 0) is 18.3 Å². The summed E-state index contributed by atoms with van der Waals surface area (Å²) in [5.74, 6) is 2.81. The molecule has 0 fully saturated rings. The Balaban J connectivity index is 0.00000364. The molecule has 0 radical (unpaired) electrons. The first-order chi connectivity index (χ1) is 12.5. The Morgan fingerprint density at radius 3 is 2.52 bits per heavy atom. The molecule has 2 N–H and O–H groups in total. The lowest BCUT2D eigenvalue weighted by atomic mass is 9.94. The van der Waals surface area contributed by atoms with Gasteiger partial charge >= 0.3 is 0 Å². The SMILES string of the molecule is COCCNC(=NCc1nnc(C)n1C)NC(C)C(C)c1ccccc1.I. The molecule has 1 heterocycles. The molecule has 0 aliphatic heterocycles. The highest BCUT2D eigenvalue weighted by atomic mass is 127. The van der Waals surface area contributed by atoms with Crippen LogP contribution in [0, 0.1) is 6.92 Å². The van der Waals surface area contributed by atoms with E-state index < -0.39 is 0 Å². The summed E-state index contributed by atoms with van der Waals surface area (Å²) in [5.41, 5.74) is 1.30. The van der Waals surface area contributed by atoms with Crippen molar-refractivity contribution < 1.29 is 4.74 Å². The highest BCUT2D eigenvalue weighted by Gasteiger charge is 2.15. The molecule has 2 rings (SSSR count). The number of nitrogens with one attached hydrogen (secondary N) is 2. The molecule has 2 unspecified atom stereocenters. The van der Waals surface area contributed by atoms with Crippen LogP contribution in [0.25, 0.3) is 0 Å². The molecule has 0 saturated heterocycles. The Bertz CT molecular complexity index is 703. The van der Waals surface area contributed by atoms with Crippen molar-refractivity contribution in [2.75, 3.05) is 20.3 Å². The van der Waals surface area contributed by atoms with Crippen molar-refractivity contribution in [3.63, 3.8) is 0 Å². The average Bonchev–Trinajstić information content (AvgIpc) is 2.98. The Morgan fingerprint density at radius 2 is 1.93 bits per heavy atom. The normalized spacial score (nSPS) is 13.6. The molecule has 0 bridgehead atoms. The van der Waals surface area contributed by atoms with E-state index in [2.05, 4.69) is 63.9 Å². The van der Waals surface area contributed by atoms with E-state index >= 15 is 0 Å². The van der Waals surface area contributed by atoms with Gasteiger partial charge in [-0.2, -0.15) is 0 Å². The van der Waals surface area contributed by atoms with Gasteiger partial charge in [-0.25, -0.2) is 4.99 Å². The summed E-state index contributed by atoms with van der Waals surface area (Å²) in [7, 11) is 3.64. The van der Waals surface area contributed by atoms with Gasteiger partial charge in [0, 0.05) is 32.7 Å². The van der Waals surface area contributed by atoms with Gasteiger partial charge in [-0.05, 0) is 19.4 Å². The van der Waals surface area contributed by atoms with Gasteiger partial charge in [0.15, 0.2) is 11.8 Å². The maximum Gasteiger partial charge on any atom is 0.192 e. The lowest BCUT2D eigenvalue weighted by Gasteiger charge is -2.24. The summed E-state index contributed by atoms with van der Waals surface area (Å²) in [6, 6.07) is 10.7. The van der Waals surface area contributed by atoms with Crippen LogP contribution in [0.3, 0.4) is 0 Å². The van der Waals surface area contributed by atoms with Gasteiger partial charge < -0.3 is 19.9 Å². The number of benzene rings is 1. The molecule has 0 amide bonds. The number of hydrogen-bond acceptors (Lipinski definition) is 4. The van der Waals surface area contributed by atoms with Crippen molar-refractivity contribution in [3.05, 3.63) is 47.5 Å². The van der Waals surface area contributed by atoms with Crippen LogP contribution in [-0.4, -0.2) is 47.0 Å². The number of ether oxygens (including phenoxy) is 1. The van der Waals surface area contributed by atoms with Gasteiger partial charge in [-0.1, -0.05) is 37.3 Å². The first-order valence-corrected chi connectivity index (χ1v) is 8.96. The number of aliphatic imine (C=N–C) groups is 1. The Labute approximate surface area is 179 Å². The Morgan fingerprint density at radius 1 is 1.22 bits per heavy atom. The molecule has 0 saturated carbocycles. The Kier molecular flexibility index (Phi) is 10.3. The van der Waals surface area contributed by atoms with E-state index in [9.17, 15) is 0 Å². The van der Waals surface area contributed by atoms with Gasteiger partial charge in [0.2, 0.25) is 0 Å². The van der Waals surface area contributed by atoms with E-state index in [1.807, 2.05) is 24.6 Å². The number of rotatable bonds is 8. The second kappa shape index (κ2) is 11.9. The van der Waals surface area contributed by atoms with E-state index in [1.165, 1.54) is 5.56 Å². The monoisotopic (exact) mass is 486 g/mol. The molecule has 0 spiro atoms. The third-order valence-electron chi connectivity index (χ3n) is 4.60. The minimum absolute atomic E-state index is 0. The van der Waals surface area contributed by atoms with Gasteiger partial charge in [0.25, 0.3) is 0 Å². The highest BCUT2D eigenvalue weighted by molar-refractivity contribution is 14.0. The first-order valence-electron chi connectivity index (χ1n) is 8.96. The topological polar surface area (TPSA) is 76.4 Å². The molecule has 150 valence electrons. The van der Waals surface area contributed by atoms with E-state index in [0.717, 1.165) is 17.6 Å². The molecule has 0 aliphatic carbocycles. The molecule has 7 nitrogen and oxygen atoms in total. The zero-order valence-electron chi connectivity index (χ0n) is 16.8. The highest BCUT2D eigenvalue weighted by Crippen LogP contribution is 2.18. The molecule has 1 aromatic carbocycles. The quantitative estimate of drug-likeness (QED) is 0.260. The number of aryl methyl sites for hydroxylation is 1. The molecule has 2 atom stereocenters. The molecule has 8 heteroatoms. The number of nitrogens with zero attached hydrogens (tertiary/aromatic N) is 4. The standard InChI is InChI=1S/C19H30N6O.HI/c1-14(17-9-7-6-8-10-17)15(2)22-19(20-11-12-26-5)21-13-18-24-23-16(3)25(18)4;/h6-10,14-15H,11-13H2,1-5H3,(H2,20,21,22);1H. The van der Waals surface area contributed by atoms with Crippen molar-refractivity contribution >= 4 is 29.9 Å². The minimum atomic E-state index is 0. The van der Waals surface area contributed by atoms with E-state index in [0.29, 0.717) is 25.6 Å². The van der Waals surface area contributed by atoms with E-state index in [-0.39, 0.29) is 30.0 Å². The number of halogens is 1. The molecule has 0 aliphatic rings. The van der Waals surface area contributed by atoms with Gasteiger partial charge in [0.05, 0.1) is 6.61 Å². The van der Waals surface area contributed by atoms with Gasteiger partial charge in [-0.15, -0.1) is 34.2 Å². The summed E-state index contributed by atoms with van der Waals surface area (Å²) in [6.07, 6.45) is 0.